The summed E-state index contributed by atoms with van der Waals surface area (Å²) in [6.07, 6.45) is 0. The van der Waals surface area contributed by atoms with Crippen molar-refractivity contribution >= 4 is 31.9 Å². The molecule has 2 aromatic rings. The summed E-state index contributed by atoms with van der Waals surface area (Å²) in [5.74, 6) is 1.50. The molecule has 0 aliphatic rings. The molecule has 0 aliphatic heterocycles. The molecule has 4 heteroatoms. The van der Waals surface area contributed by atoms with Gasteiger partial charge in [-0.05, 0) is 47.9 Å². The van der Waals surface area contributed by atoms with Gasteiger partial charge in [0.05, 0.1) is 19.0 Å². The van der Waals surface area contributed by atoms with E-state index in [4.69, 9.17) is 9.47 Å². The molecule has 0 spiro atoms. The first-order valence-electron chi connectivity index (χ1n) is 6.19. The third-order valence-electron chi connectivity index (χ3n) is 3.21. The van der Waals surface area contributed by atoms with Crippen LogP contribution in [0.2, 0.25) is 0 Å². The van der Waals surface area contributed by atoms with Crippen LogP contribution < -0.4 is 9.47 Å². The summed E-state index contributed by atoms with van der Waals surface area (Å²) in [4.78, 5) is 0.121. The van der Waals surface area contributed by atoms with Crippen molar-refractivity contribution in [3.05, 3.63) is 57.6 Å². The van der Waals surface area contributed by atoms with Gasteiger partial charge in [-0.25, -0.2) is 0 Å². The molecule has 0 bridgehead atoms. The van der Waals surface area contributed by atoms with Crippen LogP contribution in [0.5, 0.6) is 11.5 Å². The van der Waals surface area contributed by atoms with Crippen LogP contribution >= 0.6 is 31.9 Å². The van der Waals surface area contributed by atoms with Gasteiger partial charge in [0, 0.05) is 4.47 Å². The molecule has 0 radical (unpaired) electrons. The topological polar surface area (TPSA) is 18.5 Å². The Morgan fingerprint density at radius 1 is 0.950 bits per heavy atom. The number of alkyl halides is 1. The first-order valence-corrected chi connectivity index (χ1v) is 7.89. The number of hydrogen-bond donors (Lipinski definition) is 0. The molecule has 0 aromatic heterocycles. The van der Waals surface area contributed by atoms with E-state index < -0.39 is 0 Å². The van der Waals surface area contributed by atoms with Crippen LogP contribution in [-0.2, 0) is 0 Å². The lowest BCUT2D eigenvalue weighted by Crippen LogP contribution is -1.99. The van der Waals surface area contributed by atoms with Crippen molar-refractivity contribution in [1.82, 2.24) is 0 Å². The number of methoxy groups -OCH3 is 2. The van der Waals surface area contributed by atoms with E-state index in [1.807, 2.05) is 24.3 Å². The van der Waals surface area contributed by atoms with Crippen molar-refractivity contribution in [3.8, 4) is 11.5 Å². The Labute approximate surface area is 136 Å². The van der Waals surface area contributed by atoms with Crippen LogP contribution in [0.1, 0.15) is 21.5 Å². The highest BCUT2D eigenvalue weighted by molar-refractivity contribution is 9.10. The van der Waals surface area contributed by atoms with Crippen LogP contribution in [0.3, 0.4) is 0 Å². The zero-order valence-electron chi connectivity index (χ0n) is 11.6. The zero-order valence-corrected chi connectivity index (χ0v) is 14.8. The second-order valence-corrected chi connectivity index (χ2v) is 6.31. The zero-order chi connectivity index (χ0) is 14.7. The smallest absolute Gasteiger partial charge is 0.161 e. The van der Waals surface area contributed by atoms with Gasteiger partial charge < -0.3 is 9.47 Å². The fraction of sp³-hybridized carbons (Fsp3) is 0.250. The molecule has 1 atom stereocenters. The van der Waals surface area contributed by atoms with Crippen molar-refractivity contribution in [2.24, 2.45) is 0 Å². The van der Waals surface area contributed by atoms with Crippen molar-refractivity contribution < 1.29 is 9.47 Å². The van der Waals surface area contributed by atoms with Gasteiger partial charge in [0.25, 0.3) is 0 Å². The van der Waals surface area contributed by atoms with Crippen molar-refractivity contribution in [3.63, 3.8) is 0 Å². The van der Waals surface area contributed by atoms with Gasteiger partial charge in [0.1, 0.15) is 0 Å². The minimum atomic E-state index is 0.121. The average molecular weight is 400 g/mol. The number of aryl methyl sites for hydroxylation is 1. The summed E-state index contributed by atoms with van der Waals surface area (Å²) in [5.41, 5.74) is 3.53. The molecule has 0 heterocycles. The third-order valence-corrected chi connectivity index (χ3v) is 4.76. The summed E-state index contributed by atoms with van der Waals surface area (Å²) >= 11 is 7.22. The molecule has 0 saturated heterocycles. The Kier molecular flexibility index (Phi) is 5.11. The number of hydrogen-bond acceptors (Lipinski definition) is 2. The Balaban J connectivity index is 2.43. The fourth-order valence-electron chi connectivity index (χ4n) is 2.08. The molecule has 2 aromatic carbocycles. The Morgan fingerprint density at radius 2 is 1.50 bits per heavy atom. The quantitative estimate of drug-likeness (QED) is 0.653. The summed E-state index contributed by atoms with van der Waals surface area (Å²) in [6, 6.07) is 12.3. The highest BCUT2D eigenvalue weighted by atomic mass is 79.9. The Bertz CT molecular complexity index is 594. The average Bonchev–Trinajstić information content (AvgIpc) is 2.47. The number of halogens is 2. The van der Waals surface area contributed by atoms with Gasteiger partial charge in [-0.15, -0.1) is 0 Å². The minimum absolute atomic E-state index is 0.121. The molecule has 106 valence electrons. The van der Waals surface area contributed by atoms with Gasteiger partial charge >= 0.3 is 0 Å². The maximum Gasteiger partial charge on any atom is 0.161 e. The van der Waals surface area contributed by atoms with Crippen molar-refractivity contribution in [1.29, 1.82) is 0 Å². The van der Waals surface area contributed by atoms with E-state index in [0.29, 0.717) is 0 Å². The van der Waals surface area contributed by atoms with E-state index in [2.05, 4.69) is 50.9 Å². The van der Waals surface area contributed by atoms with E-state index >= 15 is 0 Å². The van der Waals surface area contributed by atoms with Gasteiger partial charge in [0.2, 0.25) is 0 Å². The molecular formula is C16H16Br2O2. The highest BCUT2D eigenvalue weighted by Crippen LogP contribution is 2.39. The second kappa shape index (κ2) is 6.64. The summed E-state index contributed by atoms with van der Waals surface area (Å²) in [6.45, 7) is 2.07. The van der Waals surface area contributed by atoms with Crippen LogP contribution in [0, 0.1) is 6.92 Å². The van der Waals surface area contributed by atoms with Gasteiger partial charge in [-0.1, -0.05) is 44.0 Å². The highest BCUT2D eigenvalue weighted by Gasteiger charge is 2.16. The Hall–Kier alpha value is -1.00. The van der Waals surface area contributed by atoms with E-state index in [9.17, 15) is 0 Å². The summed E-state index contributed by atoms with van der Waals surface area (Å²) < 4.78 is 11.8. The van der Waals surface area contributed by atoms with E-state index in [1.54, 1.807) is 14.2 Å². The monoisotopic (exact) mass is 398 g/mol. The molecule has 0 aliphatic carbocycles. The number of benzene rings is 2. The molecule has 0 saturated carbocycles. The van der Waals surface area contributed by atoms with E-state index in [1.165, 1.54) is 11.1 Å². The lowest BCUT2D eigenvalue weighted by Gasteiger charge is -2.17. The SMILES string of the molecule is COc1cc(C)c(C(Br)c2ccc(Br)cc2)cc1OC. The molecule has 1 unspecified atom stereocenters. The predicted molar refractivity (Wildman–Crippen MR) is 89.2 cm³/mol. The molecule has 0 fully saturated rings. The van der Waals surface area contributed by atoms with Crippen molar-refractivity contribution in [2.45, 2.75) is 11.8 Å². The standard InChI is InChI=1S/C16H16Br2O2/c1-10-8-14(19-2)15(20-3)9-13(10)16(18)11-4-6-12(17)7-5-11/h4-9,16H,1-3H3. The number of rotatable bonds is 4. The normalized spacial score (nSPS) is 12.1. The van der Waals surface area contributed by atoms with Crippen LogP contribution in [0.4, 0.5) is 0 Å². The minimum Gasteiger partial charge on any atom is -0.493 e. The Morgan fingerprint density at radius 3 is 2.05 bits per heavy atom. The molecule has 2 nitrogen and oxygen atoms in total. The molecular weight excluding hydrogens is 384 g/mol. The van der Waals surface area contributed by atoms with Crippen LogP contribution in [0.15, 0.2) is 40.9 Å². The number of ether oxygens (including phenoxy) is 2. The second-order valence-electron chi connectivity index (χ2n) is 4.48. The van der Waals surface area contributed by atoms with Crippen molar-refractivity contribution in [2.75, 3.05) is 14.2 Å². The van der Waals surface area contributed by atoms with Gasteiger partial charge in [-0.3, -0.25) is 0 Å². The van der Waals surface area contributed by atoms with Gasteiger partial charge in [0.15, 0.2) is 11.5 Å². The van der Waals surface area contributed by atoms with E-state index in [-0.39, 0.29) is 4.83 Å². The molecule has 0 N–H and O–H groups in total. The maximum absolute atomic E-state index is 5.38. The third kappa shape index (κ3) is 3.18. The predicted octanol–water partition coefficient (Wildman–Crippen LogP) is 5.26. The van der Waals surface area contributed by atoms with Crippen LogP contribution in [0.25, 0.3) is 0 Å². The first-order chi connectivity index (χ1) is 9.56. The summed E-state index contributed by atoms with van der Waals surface area (Å²) in [7, 11) is 3.30. The summed E-state index contributed by atoms with van der Waals surface area (Å²) in [5, 5.41) is 0. The largest absolute Gasteiger partial charge is 0.493 e. The lowest BCUT2D eigenvalue weighted by molar-refractivity contribution is 0.354. The molecule has 0 amide bonds. The first kappa shape index (κ1) is 15.4. The molecule has 20 heavy (non-hydrogen) atoms. The fourth-order valence-corrected chi connectivity index (χ4v) is 3.14. The van der Waals surface area contributed by atoms with Gasteiger partial charge in [-0.2, -0.15) is 0 Å². The van der Waals surface area contributed by atoms with Crippen LogP contribution in [-0.4, -0.2) is 14.2 Å². The lowest BCUT2D eigenvalue weighted by atomic mass is 9.99. The van der Waals surface area contributed by atoms with E-state index in [0.717, 1.165) is 21.5 Å². The maximum atomic E-state index is 5.38. The molecule has 2 rings (SSSR count).